The van der Waals surface area contributed by atoms with Gasteiger partial charge in [-0.3, -0.25) is 14.4 Å². The van der Waals surface area contributed by atoms with E-state index in [1.54, 1.807) is 0 Å². The third kappa shape index (κ3) is 4.61. The number of ether oxygens (including phenoxy) is 2. The molecule has 0 spiro atoms. The minimum Gasteiger partial charge on any atom is -0.429 e. The van der Waals surface area contributed by atoms with Crippen LogP contribution < -0.4 is 5.56 Å². The van der Waals surface area contributed by atoms with E-state index in [4.69, 9.17) is 9.47 Å². The fourth-order valence-corrected chi connectivity index (χ4v) is 5.05. The highest BCUT2D eigenvalue weighted by Gasteiger charge is 2.38. The molecule has 1 amide bonds. The van der Waals surface area contributed by atoms with Crippen molar-refractivity contribution in [1.29, 1.82) is 0 Å². The van der Waals surface area contributed by atoms with Crippen LogP contribution in [0.4, 0.5) is 17.6 Å². The lowest BCUT2D eigenvalue weighted by atomic mass is 9.94. The summed E-state index contributed by atoms with van der Waals surface area (Å²) < 4.78 is 67.3. The molecule has 3 heterocycles. The van der Waals surface area contributed by atoms with Gasteiger partial charge < -0.3 is 24.3 Å². The summed E-state index contributed by atoms with van der Waals surface area (Å²) in [4.78, 5) is 45.7. The van der Waals surface area contributed by atoms with Gasteiger partial charge >= 0.3 is 5.97 Å². The fourth-order valence-electron chi connectivity index (χ4n) is 5.05. The van der Waals surface area contributed by atoms with Crippen molar-refractivity contribution in [2.24, 2.45) is 5.92 Å². The summed E-state index contributed by atoms with van der Waals surface area (Å²) in [5, 5.41) is 0.0960. The normalized spacial score (nSPS) is 16.9. The molecule has 2 atom stereocenters. The minimum absolute atomic E-state index is 0.00251. The summed E-state index contributed by atoms with van der Waals surface area (Å²) in [6.45, 7) is 3.40. The van der Waals surface area contributed by atoms with Gasteiger partial charge in [0.2, 0.25) is 6.29 Å². The van der Waals surface area contributed by atoms with Gasteiger partial charge in [-0.25, -0.2) is 17.6 Å². The predicted octanol–water partition coefficient (Wildman–Crippen LogP) is 5.39. The molecule has 1 aliphatic rings. The molecule has 8 nitrogen and oxygen atoms in total. The summed E-state index contributed by atoms with van der Waals surface area (Å²) in [5.41, 5.74) is -0.395. The number of esters is 1. The average molecular weight is 560 g/mol. The lowest BCUT2D eigenvalue weighted by molar-refractivity contribution is -0.193. The fraction of sp³-hybridized carbons (Fsp3) is 0.321. The number of rotatable bonds is 6. The largest absolute Gasteiger partial charge is 0.429 e. The first kappa shape index (κ1) is 27.4. The van der Waals surface area contributed by atoms with Crippen LogP contribution in [0, 0.1) is 29.2 Å². The maximum Gasteiger partial charge on any atom is 0.311 e. The van der Waals surface area contributed by atoms with E-state index in [0.717, 1.165) is 24.3 Å². The number of amides is 1. The van der Waals surface area contributed by atoms with E-state index in [1.165, 1.54) is 18.0 Å². The van der Waals surface area contributed by atoms with E-state index in [1.807, 2.05) is 13.8 Å². The number of hydrogen-bond donors (Lipinski definition) is 2. The van der Waals surface area contributed by atoms with Crippen LogP contribution >= 0.6 is 0 Å². The third-order valence-corrected chi connectivity index (χ3v) is 7.33. The molecule has 2 aromatic heterocycles. The molecule has 0 saturated carbocycles. The molecule has 2 aromatic carbocycles. The Labute approximate surface area is 224 Å². The van der Waals surface area contributed by atoms with Crippen LogP contribution in [0.25, 0.3) is 21.7 Å². The highest BCUT2D eigenvalue weighted by atomic mass is 19.2. The van der Waals surface area contributed by atoms with Crippen molar-refractivity contribution in [3.05, 3.63) is 80.9 Å². The Hall–Kier alpha value is -4.19. The second kappa shape index (κ2) is 10.4. The standard InChI is InChI=1S/C28H25F4N3O5/c1-4-12(5-2)27(38)40-28-24-23(14-8-17(30)18(31)9-15(14)25(36)34-24)22(11-39-28)35(3)26(37)21-7-13-6-16(29)19(32)10-20(13)33-21/h6-10,12,22,28,33H,4-5,11H2,1-3H3,(H,34,36)/t22-,28+/m0/s1. The molecule has 5 rings (SSSR count). The first-order valence-electron chi connectivity index (χ1n) is 12.7. The number of nitrogens with one attached hydrogen (secondary N) is 2. The van der Waals surface area contributed by atoms with Gasteiger partial charge in [-0.1, -0.05) is 13.8 Å². The van der Waals surface area contributed by atoms with Crippen molar-refractivity contribution >= 4 is 33.6 Å². The third-order valence-electron chi connectivity index (χ3n) is 7.33. The van der Waals surface area contributed by atoms with Gasteiger partial charge in [0.15, 0.2) is 23.3 Å². The Kier molecular flexibility index (Phi) is 7.13. The Morgan fingerprint density at radius 3 is 2.27 bits per heavy atom. The highest BCUT2D eigenvalue weighted by molar-refractivity contribution is 5.98. The topological polar surface area (TPSA) is 104 Å². The molecule has 2 N–H and O–H groups in total. The van der Waals surface area contributed by atoms with Crippen LogP contribution in [-0.4, -0.2) is 40.4 Å². The molecule has 0 radical (unpaired) electrons. The second-order valence-corrected chi connectivity index (χ2v) is 9.68. The summed E-state index contributed by atoms with van der Waals surface area (Å²) >= 11 is 0. The molecule has 210 valence electrons. The van der Waals surface area contributed by atoms with Crippen LogP contribution in [0.1, 0.15) is 60.8 Å². The van der Waals surface area contributed by atoms with Gasteiger partial charge in [0.25, 0.3) is 11.5 Å². The van der Waals surface area contributed by atoms with Crippen molar-refractivity contribution in [3.63, 3.8) is 0 Å². The number of aromatic amines is 2. The van der Waals surface area contributed by atoms with Gasteiger partial charge in [-0.2, -0.15) is 0 Å². The number of pyridine rings is 1. The molecule has 0 saturated heterocycles. The molecule has 40 heavy (non-hydrogen) atoms. The highest BCUT2D eigenvalue weighted by Crippen LogP contribution is 2.39. The Morgan fingerprint density at radius 1 is 0.975 bits per heavy atom. The monoisotopic (exact) mass is 559 g/mol. The van der Waals surface area contributed by atoms with Gasteiger partial charge in [-0.05, 0) is 42.5 Å². The number of halogens is 4. The van der Waals surface area contributed by atoms with Crippen molar-refractivity contribution in [2.75, 3.05) is 13.7 Å². The van der Waals surface area contributed by atoms with Crippen molar-refractivity contribution in [2.45, 2.75) is 39.0 Å². The number of likely N-dealkylation sites (N-methyl/N-ethyl adjacent to an activating group) is 1. The van der Waals surface area contributed by atoms with E-state index in [2.05, 4.69) is 9.97 Å². The number of carbonyl (C=O) groups is 2. The Morgan fingerprint density at radius 2 is 1.60 bits per heavy atom. The van der Waals surface area contributed by atoms with E-state index in [-0.39, 0.29) is 45.2 Å². The number of fused-ring (bicyclic) bond motifs is 4. The first-order valence-corrected chi connectivity index (χ1v) is 12.7. The van der Waals surface area contributed by atoms with Gasteiger partial charge in [0, 0.05) is 29.6 Å². The number of aromatic nitrogens is 2. The molecule has 0 bridgehead atoms. The van der Waals surface area contributed by atoms with Crippen molar-refractivity contribution < 1.29 is 36.6 Å². The van der Waals surface area contributed by atoms with E-state index in [0.29, 0.717) is 12.8 Å². The molecular formula is C28H25F4N3O5. The molecule has 12 heteroatoms. The minimum atomic E-state index is -1.37. The molecule has 0 fully saturated rings. The van der Waals surface area contributed by atoms with Gasteiger partial charge in [0.1, 0.15) is 5.69 Å². The molecule has 0 unspecified atom stereocenters. The number of H-pyrrole nitrogens is 2. The summed E-state index contributed by atoms with van der Waals surface area (Å²) in [6, 6.07) is 3.87. The smallest absolute Gasteiger partial charge is 0.311 e. The van der Waals surface area contributed by atoms with E-state index in [9.17, 15) is 31.9 Å². The van der Waals surface area contributed by atoms with Crippen LogP contribution in [0.2, 0.25) is 0 Å². The van der Waals surface area contributed by atoms with Crippen molar-refractivity contribution in [3.8, 4) is 0 Å². The zero-order valence-electron chi connectivity index (χ0n) is 21.7. The number of hydrogen-bond acceptors (Lipinski definition) is 5. The van der Waals surface area contributed by atoms with Crippen LogP contribution in [0.3, 0.4) is 0 Å². The van der Waals surface area contributed by atoms with Crippen molar-refractivity contribution in [1.82, 2.24) is 14.9 Å². The molecule has 1 aliphatic heterocycles. The van der Waals surface area contributed by atoms with Crippen LogP contribution in [0.15, 0.2) is 35.1 Å². The van der Waals surface area contributed by atoms with Crippen LogP contribution in [0.5, 0.6) is 0 Å². The number of nitrogens with zero attached hydrogens (tertiary/aromatic N) is 1. The molecule has 4 aromatic rings. The van der Waals surface area contributed by atoms with Gasteiger partial charge in [-0.15, -0.1) is 0 Å². The second-order valence-electron chi connectivity index (χ2n) is 9.68. The zero-order valence-corrected chi connectivity index (χ0v) is 21.7. The predicted molar refractivity (Wildman–Crippen MR) is 136 cm³/mol. The van der Waals surface area contributed by atoms with Crippen LogP contribution in [-0.2, 0) is 14.3 Å². The number of benzene rings is 2. The Bertz CT molecular complexity index is 1670. The summed E-state index contributed by atoms with van der Waals surface area (Å²) in [5.74, 6) is -6.23. The summed E-state index contributed by atoms with van der Waals surface area (Å²) in [6.07, 6.45) is -0.357. The zero-order chi connectivity index (χ0) is 28.9. The maximum atomic E-state index is 14.4. The lowest BCUT2D eigenvalue weighted by Crippen LogP contribution is -2.40. The maximum absolute atomic E-state index is 14.4. The quantitative estimate of drug-likeness (QED) is 0.244. The Balaban J connectivity index is 1.61. The van der Waals surface area contributed by atoms with Gasteiger partial charge in [0.05, 0.1) is 29.6 Å². The first-order chi connectivity index (χ1) is 19.0. The summed E-state index contributed by atoms with van der Waals surface area (Å²) in [7, 11) is 1.42. The number of carbonyl (C=O) groups excluding carboxylic acids is 2. The molecular weight excluding hydrogens is 534 g/mol. The van der Waals surface area contributed by atoms with E-state index < -0.39 is 59.0 Å². The SMILES string of the molecule is CCC(CC)C(=O)O[C@H]1OC[C@H](N(C)C(=O)c2cc3cc(F)c(F)cc3[nH]2)c2c1[nH]c(=O)c1cc(F)c(F)cc21. The lowest BCUT2D eigenvalue weighted by Gasteiger charge is -2.36. The molecule has 0 aliphatic carbocycles. The average Bonchev–Trinajstić information content (AvgIpc) is 3.32. The van der Waals surface area contributed by atoms with E-state index >= 15 is 0 Å².